The number of methoxy groups -OCH3 is 1. The Kier molecular flexibility index (Phi) is 5.04. The van der Waals surface area contributed by atoms with Crippen molar-refractivity contribution in [3.63, 3.8) is 0 Å². The zero-order valence-corrected chi connectivity index (χ0v) is 14.8. The van der Waals surface area contributed by atoms with E-state index in [9.17, 15) is 8.42 Å². The molecule has 0 bridgehead atoms. The molecule has 6 heteroatoms. The van der Waals surface area contributed by atoms with E-state index in [1.807, 2.05) is 17.5 Å². The molecule has 0 aliphatic carbocycles. The second-order valence-electron chi connectivity index (χ2n) is 5.67. The van der Waals surface area contributed by atoms with Gasteiger partial charge < -0.3 is 4.74 Å². The lowest BCUT2D eigenvalue weighted by Gasteiger charge is -2.28. The maximum Gasteiger partial charge on any atom is 0.243 e. The highest BCUT2D eigenvalue weighted by molar-refractivity contribution is 7.89. The molecule has 1 aliphatic heterocycles. The molecule has 4 nitrogen and oxygen atoms in total. The third-order valence-corrected chi connectivity index (χ3v) is 7.14. The summed E-state index contributed by atoms with van der Waals surface area (Å²) in [6.45, 7) is 0.580. The van der Waals surface area contributed by atoms with Crippen LogP contribution in [0.25, 0.3) is 0 Å². The maximum atomic E-state index is 13.1. The van der Waals surface area contributed by atoms with Crippen LogP contribution in [0.1, 0.15) is 36.6 Å². The van der Waals surface area contributed by atoms with Crippen LogP contribution >= 0.6 is 11.3 Å². The van der Waals surface area contributed by atoms with Gasteiger partial charge in [0.2, 0.25) is 10.0 Å². The van der Waals surface area contributed by atoms with Crippen LogP contribution in [0.15, 0.2) is 46.7 Å². The highest BCUT2D eigenvalue weighted by Crippen LogP contribution is 2.36. The molecule has 0 radical (unpaired) electrons. The Hall–Kier alpha value is -1.37. The monoisotopic (exact) mass is 351 g/mol. The molecular weight excluding hydrogens is 330 g/mol. The SMILES string of the molecule is COc1ccc(S(=O)(=O)N2CCCCC[C@H]2c2cccs2)cc1. The molecule has 1 atom stereocenters. The maximum absolute atomic E-state index is 13.1. The number of nitrogens with zero attached hydrogens (tertiary/aromatic N) is 1. The van der Waals surface area contributed by atoms with E-state index in [1.54, 1.807) is 47.0 Å². The first-order chi connectivity index (χ1) is 11.1. The summed E-state index contributed by atoms with van der Waals surface area (Å²) in [5.74, 6) is 0.662. The van der Waals surface area contributed by atoms with Crippen LogP contribution in [-0.2, 0) is 10.0 Å². The van der Waals surface area contributed by atoms with Gasteiger partial charge in [0.15, 0.2) is 0 Å². The molecule has 0 spiro atoms. The van der Waals surface area contributed by atoms with Crippen LogP contribution < -0.4 is 4.74 Å². The average Bonchev–Trinajstić information content (AvgIpc) is 2.98. The highest BCUT2D eigenvalue weighted by Gasteiger charge is 2.33. The van der Waals surface area contributed by atoms with Gasteiger partial charge in [0.1, 0.15) is 5.75 Å². The Labute approximate surface area is 141 Å². The Morgan fingerprint density at radius 1 is 1.13 bits per heavy atom. The molecule has 1 aliphatic rings. The molecule has 1 saturated heterocycles. The van der Waals surface area contributed by atoms with Crippen molar-refractivity contribution < 1.29 is 13.2 Å². The van der Waals surface area contributed by atoms with Gasteiger partial charge in [-0.3, -0.25) is 0 Å². The fourth-order valence-electron chi connectivity index (χ4n) is 3.02. The Bertz CT molecular complexity index is 724. The minimum atomic E-state index is -3.50. The molecular formula is C17H21NO3S2. The molecule has 0 amide bonds. The zero-order chi connectivity index (χ0) is 16.3. The molecule has 1 fully saturated rings. The third-order valence-electron chi connectivity index (χ3n) is 4.24. The number of thiophene rings is 1. The Balaban J connectivity index is 1.97. The third kappa shape index (κ3) is 3.44. The predicted octanol–water partition coefficient (Wildman–Crippen LogP) is 4.06. The van der Waals surface area contributed by atoms with Crippen molar-refractivity contribution in [3.8, 4) is 5.75 Å². The lowest BCUT2D eigenvalue weighted by atomic mass is 10.1. The first-order valence-electron chi connectivity index (χ1n) is 7.82. The molecule has 3 rings (SSSR count). The summed E-state index contributed by atoms with van der Waals surface area (Å²) in [6, 6.07) is 10.6. The summed E-state index contributed by atoms with van der Waals surface area (Å²) in [5, 5.41) is 2.01. The summed E-state index contributed by atoms with van der Waals surface area (Å²) >= 11 is 1.63. The van der Waals surface area contributed by atoms with Crippen molar-refractivity contribution in [1.82, 2.24) is 4.31 Å². The first-order valence-corrected chi connectivity index (χ1v) is 10.1. The van der Waals surface area contributed by atoms with Gasteiger partial charge in [0.25, 0.3) is 0 Å². The number of rotatable bonds is 4. The fraction of sp³-hybridized carbons (Fsp3) is 0.412. The first kappa shape index (κ1) is 16.5. The van der Waals surface area contributed by atoms with Gasteiger partial charge in [-0.15, -0.1) is 11.3 Å². The number of benzene rings is 1. The summed E-state index contributed by atoms with van der Waals surface area (Å²) in [7, 11) is -1.93. The number of hydrogen-bond donors (Lipinski definition) is 0. The summed E-state index contributed by atoms with van der Waals surface area (Å²) in [4.78, 5) is 1.46. The van der Waals surface area contributed by atoms with Gasteiger partial charge in [-0.25, -0.2) is 8.42 Å². The van der Waals surface area contributed by atoms with E-state index >= 15 is 0 Å². The van der Waals surface area contributed by atoms with Crippen LogP contribution in [0.2, 0.25) is 0 Å². The molecule has 0 saturated carbocycles. The van der Waals surface area contributed by atoms with E-state index in [2.05, 4.69) is 0 Å². The normalized spacial score (nSPS) is 20.1. The van der Waals surface area contributed by atoms with Crippen molar-refractivity contribution in [1.29, 1.82) is 0 Å². The van der Waals surface area contributed by atoms with Crippen LogP contribution in [-0.4, -0.2) is 26.4 Å². The van der Waals surface area contributed by atoms with Gasteiger partial charge in [0, 0.05) is 11.4 Å². The zero-order valence-electron chi connectivity index (χ0n) is 13.1. The molecule has 1 aromatic carbocycles. The summed E-state index contributed by atoms with van der Waals surface area (Å²) in [6.07, 6.45) is 3.95. The highest BCUT2D eigenvalue weighted by atomic mass is 32.2. The topological polar surface area (TPSA) is 46.6 Å². The van der Waals surface area contributed by atoms with Gasteiger partial charge in [-0.05, 0) is 48.6 Å². The van der Waals surface area contributed by atoms with Crippen LogP contribution in [0, 0.1) is 0 Å². The second kappa shape index (κ2) is 7.03. The Morgan fingerprint density at radius 3 is 2.57 bits per heavy atom. The minimum absolute atomic E-state index is 0.0513. The smallest absolute Gasteiger partial charge is 0.243 e. The lowest BCUT2D eigenvalue weighted by Crippen LogP contribution is -2.34. The number of ether oxygens (including phenoxy) is 1. The van der Waals surface area contributed by atoms with E-state index in [0.29, 0.717) is 17.2 Å². The molecule has 0 N–H and O–H groups in total. The van der Waals surface area contributed by atoms with Crippen molar-refractivity contribution in [2.45, 2.75) is 36.6 Å². The largest absolute Gasteiger partial charge is 0.497 e. The van der Waals surface area contributed by atoms with Gasteiger partial charge in [0.05, 0.1) is 18.0 Å². The van der Waals surface area contributed by atoms with E-state index in [-0.39, 0.29) is 6.04 Å². The molecule has 23 heavy (non-hydrogen) atoms. The number of sulfonamides is 1. The summed E-state index contributed by atoms with van der Waals surface area (Å²) < 4.78 is 33.1. The molecule has 0 unspecified atom stereocenters. The molecule has 2 aromatic rings. The fourth-order valence-corrected chi connectivity index (χ4v) is 5.63. The van der Waals surface area contributed by atoms with Gasteiger partial charge in [-0.1, -0.05) is 18.9 Å². The van der Waals surface area contributed by atoms with E-state index in [1.165, 1.54) is 0 Å². The lowest BCUT2D eigenvalue weighted by molar-refractivity contribution is 0.333. The number of hydrogen-bond acceptors (Lipinski definition) is 4. The Morgan fingerprint density at radius 2 is 1.91 bits per heavy atom. The minimum Gasteiger partial charge on any atom is -0.497 e. The van der Waals surface area contributed by atoms with Crippen LogP contribution in [0.4, 0.5) is 0 Å². The van der Waals surface area contributed by atoms with Crippen molar-refractivity contribution in [3.05, 3.63) is 46.7 Å². The van der Waals surface area contributed by atoms with E-state index < -0.39 is 10.0 Å². The van der Waals surface area contributed by atoms with E-state index in [4.69, 9.17) is 4.74 Å². The predicted molar refractivity (Wildman–Crippen MR) is 92.4 cm³/mol. The van der Waals surface area contributed by atoms with Crippen LogP contribution in [0.5, 0.6) is 5.75 Å². The second-order valence-corrected chi connectivity index (χ2v) is 8.54. The molecule has 2 heterocycles. The molecule has 1 aromatic heterocycles. The van der Waals surface area contributed by atoms with Crippen molar-refractivity contribution in [2.75, 3.05) is 13.7 Å². The van der Waals surface area contributed by atoms with E-state index in [0.717, 1.165) is 30.6 Å². The van der Waals surface area contributed by atoms with Gasteiger partial charge in [-0.2, -0.15) is 4.31 Å². The van der Waals surface area contributed by atoms with Crippen molar-refractivity contribution >= 4 is 21.4 Å². The standard InChI is InChI=1S/C17H21NO3S2/c1-21-14-8-10-15(11-9-14)23(19,20)18-12-4-2-3-6-16(18)17-7-5-13-22-17/h5,7-11,13,16H,2-4,6,12H2,1H3/t16-/m0/s1. The van der Waals surface area contributed by atoms with Crippen LogP contribution in [0.3, 0.4) is 0 Å². The van der Waals surface area contributed by atoms with Crippen molar-refractivity contribution in [2.24, 2.45) is 0 Å². The van der Waals surface area contributed by atoms with Gasteiger partial charge >= 0.3 is 0 Å². The summed E-state index contributed by atoms with van der Waals surface area (Å²) in [5.41, 5.74) is 0. The molecule has 124 valence electrons. The average molecular weight is 351 g/mol. The quantitative estimate of drug-likeness (QED) is 0.834.